The minimum atomic E-state index is -0.768. The highest BCUT2D eigenvalue weighted by molar-refractivity contribution is 5.93. The Hall–Kier alpha value is -3.13. The molecular weight excluding hydrogens is 387 g/mol. The van der Waals surface area contributed by atoms with E-state index in [1.807, 2.05) is 12.2 Å². The fourth-order valence-corrected chi connectivity index (χ4v) is 4.79. The topological polar surface area (TPSA) is 75.6 Å². The van der Waals surface area contributed by atoms with Crippen LogP contribution in [0.1, 0.15) is 11.3 Å². The van der Waals surface area contributed by atoms with E-state index >= 15 is 0 Å². The summed E-state index contributed by atoms with van der Waals surface area (Å²) in [5.74, 6) is -1.67. The second-order valence-corrected chi connectivity index (χ2v) is 8.11. The van der Waals surface area contributed by atoms with Crippen LogP contribution in [0.3, 0.4) is 0 Å². The summed E-state index contributed by atoms with van der Waals surface area (Å²) in [6.45, 7) is 1.06. The van der Waals surface area contributed by atoms with Gasteiger partial charge in [-0.1, -0.05) is 24.3 Å². The number of hydrogen-bond acceptors (Lipinski definition) is 5. The molecule has 0 radical (unpaired) electrons. The molecule has 2 fully saturated rings. The van der Waals surface area contributed by atoms with Crippen LogP contribution in [0.15, 0.2) is 55.0 Å². The van der Waals surface area contributed by atoms with Crippen LogP contribution in [0, 0.1) is 17.7 Å². The van der Waals surface area contributed by atoms with Crippen molar-refractivity contribution in [2.24, 2.45) is 11.8 Å². The van der Waals surface area contributed by atoms with Crippen LogP contribution in [-0.4, -0.2) is 56.9 Å². The maximum Gasteiger partial charge on any atom is 0.230 e. The van der Waals surface area contributed by atoms with Crippen molar-refractivity contribution >= 4 is 11.8 Å². The fraction of sp³-hybridized carbons (Fsp3) is 0.364. The number of carbonyl (C=O) groups is 2. The molecule has 0 aliphatic carbocycles. The summed E-state index contributed by atoms with van der Waals surface area (Å²) in [5.41, 5.74) is 0.746. The zero-order valence-electron chi connectivity index (χ0n) is 16.4. The number of fused-ring (bicyclic) bond motifs is 1. The lowest BCUT2D eigenvalue weighted by molar-refractivity contribution is -0.142. The second kappa shape index (κ2) is 6.98. The van der Waals surface area contributed by atoms with Gasteiger partial charge in [-0.3, -0.25) is 19.6 Å². The average Bonchev–Trinajstić information content (AvgIpc) is 3.38. The Bertz CT molecular complexity index is 1010. The van der Waals surface area contributed by atoms with Crippen LogP contribution < -0.4 is 0 Å². The number of amides is 2. The molecule has 2 saturated heterocycles. The largest absolute Gasteiger partial charge is 0.360 e. The van der Waals surface area contributed by atoms with Crippen molar-refractivity contribution in [3.8, 4) is 0 Å². The maximum atomic E-state index is 13.3. The monoisotopic (exact) mass is 408 g/mol. The molecule has 8 heteroatoms. The van der Waals surface area contributed by atoms with Crippen LogP contribution in [-0.2, 0) is 27.4 Å². The molecule has 5 rings (SSSR count). The number of nitrogens with zero attached hydrogens (tertiary/aromatic N) is 4. The number of ether oxygens (including phenoxy) is 1. The van der Waals surface area contributed by atoms with Gasteiger partial charge in [-0.2, -0.15) is 0 Å². The van der Waals surface area contributed by atoms with Crippen LogP contribution in [0.5, 0.6) is 0 Å². The van der Waals surface area contributed by atoms with Crippen molar-refractivity contribution in [1.29, 1.82) is 0 Å². The first-order chi connectivity index (χ1) is 14.5. The van der Waals surface area contributed by atoms with Gasteiger partial charge in [0.1, 0.15) is 11.4 Å². The van der Waals surface area contributed by atoms with Crippen molar-refractivity contribution in [1.82, 2.24) is 19.8 Å². The lowest BCUT2D eigenvalue weighted by atomic mass is 9.76. The van der Waals surface area contributed by atoms with Crippen molar-refractivity contribution < 1.29 is 18.7 Å². The maximum absolute atomic E-state index is 13.3. The molecule has 0 N–H and O–H groups in total. The lowest BCUT2D eigenvalue weighted by Gasteiger charge is -2.27. The Morgan fingerprint density at radius 2 is 2.13 bits per heavy atom. The Kier molecular flexibility index (Phi) is 4.39. The molecule has 3 aliphatic heterocycles. The predicted molar refractivity (Wildman–Crippen MR) is 104 cm³/mol. The third-order valence-electron chi connectivity index (χ3n) is 6.14. The molecule has 7 nitrogen and oxygen atoms in total. The number of aromatic nitrogens is 2. The van der Waals surface area contributed by atoms with Gasteiger partial charge in [-0.25, -0.2) is 4.39 Å². The van der Waals surface area contributed by atoms with E-state index in [9.17, 15) is 14.0 Å². The molecule has 3 aliphatic rings. The molecule has 4 heterocycles. The zero-order valence-corrected chi connectivity index (χ0v) is 16.4. The molecule has 2 aromatic rings. The minimum Gasteiger partial charge on any atom is -0.360 e. The first-order valence-corrected chi connectivity index (χ1v) is 9.87. The van der Waals surface area contributed by atoms with Gasteiger partial charge in [0, 0.05) is 26.0 Å². The zero-order chi connectivity index (χ0) is 20.9. The van der Waals surface area contributed by atoms with Crippen molar-refractivity contribution in [3.63, 3.8) is 0 Å². The fourth-order valence-electron chi connectivity index (χ4n) is 4.79. The summed E-state index contributed by atoms with van der Waals surface area (Å²) in [6.07, 6.45) is 8.20. The molecule has 2 amide bonds. The van der Waals surface area contributed by atoms with E-state index < -0.39 is 23.5 Å². The average molecular weight is 408 g/mol. The molecule has 4 atom stereocenters. The van der Waals surface area contributed by atoms with Gasteiger partial charge >= 0.3 is 0 Å². The van der Waals surface area contributed by atoms with Crippen LogP contribution in [0.4, 0.5) is 4.39 Å². The van der Waals surface area contributed by atoms with Gasteiger partial charge in [-0.15, -0.1) is 0 Å². The summed E-state index contributed by atoms with van der Waals surface area (Å²) in [4.78, 5) is 38.1. The second-order valence-electron chi connectivity index (χ2n) is 8.11. The predicted octanol–water partition coefficient (Wildman–Crippen LogP) is 1.56. The van der Waals surface area contributed by atoms with E-state index in [4.69, 9.17) is 4.74 Å². The van der Waals surface area contributed by atoms with Crippen molar-refractivity contribution in [2.45, 2.75) is 24.8 Å². The van der Waals surface area contributed by atoms with Gasteiger partial charge in [0.05, 0.1) is 42.9 Å². The Labute approximate surface area is 173 Å². The van der Waals surface area contributed by atoms with Crippen LogP contribution >= 0.6 is 0 Å². The Morgan fingerprint density at radius 1 is 1.33 bits per heavy atom. The minimum absolute atomic E-state index is 0.0996. The highest BCUT2D eigenvalue weighted by Gasteiger charge is 2.67. The van der Waals surface area contributed by atoms with Crippen LogP contribution in [0.2, 0.25) is 0 Å². The van der Waals surface area contributed by atoms with Gasteiger partial charge in [0.2, 0.25) is 11.8 Å². The van der Waals surface area contributed by atoms with Crippen LogP contribution in [0.25, 0.3) is 0 Å². The smallest absolute Gasteiger partial charge is 0.230 e. The van der Waals surface area contributed by atoms with E-state index in [2.05, 4.69) is 9.97 Å². The molecule has 0 unspecified atom stereocenters. The summed E-state index contributed by atoms with van der Waals surface area (Å²) >= 11 is 0. The number of halogens is 1. The van der Waals surface area contributed by atoms with E-state index in [-0.39, 0.29) is 17.6 Å². The molecule has 1 aromatic carbocycles. The number of likely N-dealkylation sites (tertiary alicyclic amines) is 1. The SMILES string of the molecule is CN(Cc1cnccn1)C(=O)[C@@H]1[C@@H]2C=C[C@@]3(CN(Cc4ccc(F)cc4)C(=O)[C@H]13)O2. The van der Waals surface area contributed by atoms with Crippen molar-refractivity contribution in [2.75, 3.05) is 13.6 Å². The molecule has 154 valence electrons. The third kappa shape index (κ3) is 2.99. The van der Waals surface area contributed by atoms with E-state index in [1.165, 1.54) is 12.1 Å². The van der Waals surface area contributed by atoms with Gasteiger partial charge in [-0.05, 0) is 17.7 Å². The highest BCUT2D eigenvalue weighted by atomic mass is 19.1. The Morgan fingerprint density at radius 3 is 2.87 bits per heavy atom. The van der Waals surface area contributed by atoms with E-state index in [0.717, 1.165) is 5.56 Å². The lowest BCUT2D eigenvalue weighted by Crippen LogP contribution is -2.44. The van der Waals surface area contributed by atoms with Gasteiger partial charge in [0.25, 0.3) is 0 Å². The normalized spacial score (nSPS) is 28.8. The summed E-state index contributed by atoms with van der Waals surface area (Å²) in [5, 5.41) is 0. The first-order valence-electron chi connectivity index (χ1n) is 9.87. The molecule has 1 spiro atoms. The summed E-state index contributed by atoms with van der Waals surface area (Å²) < 4.78 is 19.4. The number of carbonyl (C=O) groups excluding carboxylic acids is 2. The number of hydrogen-bond donors (Lipinski definition) is 0. The first kappa shape index (κ1) is 18.9. The van der Waals surface area contributed by atoms with Gasteiger partial charge < -0.3 is 14.5 Å². The molecule has 0 saturated carbocycles. The van der Waals surface area contributed by atoms with E-state index in [0.29, 0.717) is 25.3 Å². The highest BCUT2D eigenvalue weighted by Crippen LogP contribution is 2.52. The standard InChI is InChI=1S/C22H21FN4O3/c1-26(12-16-10-24-8-9-25-16)20(28)18-17-6-7-22(30-17)13-27(21(29)19(18)22)11-14-2-4-15(23)5-3-14/h2-10,17-19H,11-13H2,1H3/t17-,18+,19-,22-/m0/s1. The summed E-state index contributed by atoms with van der Waals surface area (Å²) in [6, 6.07) is 6.09. The molecule has 1 aromatic heterocycles. The molecule has 30 heavy (non-hydrogen) atoms. The molecule has 2 bridgehead atoms. The number of rotatable bonds is 5. The Balaban J connectivity index is 1.35. The summed E-state index contributed by atoms with van der Waals surface area (Å²) in [7, 11) is 1.70. The number of benzene rings is 1. The third-order valence-corrected chi connectivity index (χ3v) is 6.14. The quantitative estimate of drug-likeness (QED) is 0.702. The van der Waals surface area contributed by atoms with Crippen molar-refractivity contribution in [3.05, 3.63) is 72.1 Å². The molecular formula is C22H21FN4O3. The van der Waals surface area contributed by atoms with Gasteiger partial charge in [0.15, 0.2) is 0 Å². The van der Waals surface area contributed by atoms with E-state index in [1.54, 1.807) is 47.6 Å².